The fourth-order valence-corrected chi connectivity index (χ4v) is 2.19. The van der Waals surface area contributed by atoms with Crippen LogP contribution in [0, 0.1) is 5.41 Å². The smallest absolute Gasteiger partial charge is 0.00645 e. The van der Waals surface area contributed by atoms with Gasteiger partial charge in [0.25, 0.3) is 0 Å². The van der Waals surface area contributed by atoms with Crippen molar-refractivity contribution in [2.45, 2.75) is 45.6 Å². The van der Waals surface area contributed by atoms with Gasteiger partial charge in [0.05, 0.1) is 0 Å². The maximum atomic E-state index is 2.67. The van der Waals surface area contributed by atoms with Crippen molar-refractivity contribution in [1.29, 1.82) is 0 Å². The van der Waals surface area contributed by atoms with Gasteiger partial charge < -0.3 is 4.90 Å². The minimum absolute atomic E-state index is 0.823. The zero-order valence-electron chi connectivity index (χ0n) is 7.77. The lowest BCUT2D eigenvalue weighted by molar-refractivity contribution is 0.241. The van der Waals surface area contributed by atoms with E-state index in [2.05, 4.69) is 18.7 Å². The molecule has 1 aliphatic heterocycles. The van der Waals surface area contributed by atoms with Crippen molar-refractivity contribution in [1.82, 2.24) is 4.90 Å². The summed E-state index contributed by atoms with van der Waals surface area (Å²) in [5.74, 6) is 0. The lowest BCUT2D eigenvalue weighted by atomic mass is 10.1. The summed E-state index contributed by atoms with van der Waals surface area (Å²) in [7, 11) is 0. The molecule has 0 N–H and O–H groups in total. The van der Waals surface area contributed by atoms with Crippen LogP contribution in [-0.2, 0) is 0 Å². The van der Waals surface area contributed by atoms with E-state index >= 15 is 0 Å². The minimum atomic E-state index is 0.823. The molecule has 0 radical (unpaired) electrons. The SMILES string of the molecule is CC[C@H](C)N1CCC2(CC2)C1. The van der Waals surface area contributed by atoms with E-state index in [0.29, 0.717) is 0 Å². The van der Waals surface area contributed by atoms with Crippen LogP contribution in [0.15, 0.2) is 0 Å². The number of hydrogen-bond acceptors (Lipinski definition) is 1. The van der Waals surface area contributed by atoms with Crippen LogP contribution in [0.5, 0.6) is 0 Å². The molecule has 1 saturated carbocycles. The fourth-order valence-electron chi connectivity index (χ4n) is 2.19. The van der Waals surface area contributed by atoms with Gasteiger partial charge in [-0.1, -0.05) is 6.92 Å². The summed E-state index contributed by atoms with van der Waals surface area (Å²) in [5.41, 5.74) is 0.823. The molecule has 2 rings (SSSR count). The second-order valence-corrected chi connectivity index (χ2v) is 4.48. The van der Waals surface area contributed by atoms with Crippen LogP contribution in [0.3, 0.4) is 0 Å². The molecule has 2 fully saturated rings. The summed E-state index contributed by atoms with van der Waals surface area (Å²) >= 11 is 0. The molecule has 64 valence electrons. The molecule has 1 spiro atoms. The van der Waals surface area contributed by atoms with Gasteiger partial charge in [-0.05, 0) is 44.6 Å². The predicted molar refractivity (Wildman–Crippen MR) is 47.6 cm³/mol. The van der Waals surface area contributed by atoms with Gasteiger partial charge in [0, 0.05) is 12.6 Å². The van der Waals surface area contributed by atoms with Crippen molar-refractivity contribution >= 4 is 0 Å². The van der Waals surface area contributed by atoms with Crippen LogP contribution in [-0.4, -0.2) is 24.0 Å². The molecule has 0 aromatic carbocycles. The largest absolute Gasteiger partial charge is 0.300 e. The molecule has 11 heavy (non-hydrogen) atoms. The van der Waals surface area contributed by atoms with Crippen LogP contribution in [0.25, 0.3) is 0 Å². The molecule has 0 bridgehead atoms. The van der Waals surface area contributed by atoms with Gasteiger partial charge in [0.2, 0.25) is 0 Å². The highest BCUT2D eigenvalue weighted by Crippen LogP contribution is 2.53. The highest BCUT2D eigenvalue weighted by molar-refractivity contribution is 5.01. The standard InChI is InChI=1S/C10H19N/c1-3-9(2)11-7-6-10(8-11)4-5-10/h9H,3-8H2,1-2H3/t9-/m0/s1. The average molecular weight is 153 g/mol. The van der Waals surface area contributed by atoms with Crippen LogP contribution >= 0.6 is 0 Å². The Morgan fingerprint density at radius 2 is 2.09 bits per heavy atom. The summed E-state index contributed by atoms with van der Waals surface area (Å²) in [6.07, 6.45) is 5.83. The normalized spacial score (nSPS) is 31.1. The lowest BCUT2D eigenvalue weighted by Crippen LogP contribution is -2.30. The minimum Gasteiger partial charge on any atom is -0.300 e. The molecule has 2 aliphatic rings. The van der Waals surface area contributed by atoms with E-state index in [1.165, 1.54) is 38.8 Å². The Morgan fingerprint density at radius 3 is 2.55 bits per heavy atom. The summed E-state index contributed by atoms with van der Waals surface area (Å²) in [5, 5.41) is 0. The molecule has 0 aromatic heterocycles. The quantitative estimate of drug-likeness (QED) is 0.588. The first-order chi connectivity index (χ1) is 5.26. The third-order valence-corrected chi connectivity index (χ3v) is 3.64. The topological polar surface area (TPSA) is 3.24 Å². The van der Waals surface area contributed by atoms with Crippen LogP contribution < -0.4 is 0 Å². The Hall–Kier alpha value is -0.0400. The molecular formula is C10H19N. The summed E-state index contributed by atoms with van der Waals surface area (Å²) in [6, 6.07) is 0.829. The Morgan fingerprint density at radius 1 is 1.36 bits per heavy atom. The van der Waals surface area contributed by atoms with E-state index in [9.17, 15) is 0 Å². The summed E-state index contributed by atoms with van der Waals surface area (Å²) < 4.78 is 0. The van der Waals surface area contributed by atoms with Crippen LogP contribution in [0.1, 0.15) is 39.5 Å². The molecule has 1 nitrogen and oxygen atoms in total. The Balaban J connectivity index is 1.88. The van der Waals surface area contributed by atoms with Crippen molar-refractivity contribution in [3.05, 3.63) is 0 Å². The number of rotatable bonds is 2. The van der Waals surface area contributed by atoms with Gasteiger partial charge in [-0.3, -0.25) is 0 Å². The molecule has 1 atom stereocenters. The maximum absolute atomic E-state index is 2.67. The van der Waals surface area contributed by atoms with Gasteiger partial charge in [0.1, 0.15) is 0 Å². The van der Waals surface area contributed by atoms with Crippen molar-refractivity contribution in [2.24, 2.45) is 5.41 Å². The van der Waals surface area contributed by atoms with Gasteiger partial charge in [0.15, 0.2) is 0 Å². The number of nitrogens with zero attached hydrogens (tertiary/aromatic N) is 1. The highest BCUT2D eigenvalue weighted by Gasteiger charge is 2.48. The molecule has 1 aliphatic carbocycles. The Kier molecular flexibility index (Phi) is 1.71. The summed E-state index contributed by atoms with van der Waals surface area (Å²) in [6.45, 7) is 7.43. The Labute approximate surface area is 69.8 Å². The second-order valence-electron chi connectivity index (χ2n) is 4.48. The second kappa shape index (κ2) is 2.48. The van der Waals surface area contributed by atoms with E-state index in [1.807, 2.05) is 0 Å². The van der Waals surface area contributed by atoms with E-state index in [4.69, 9.17) is 0 Å². The number of hydrogen-bond donors (Lipinski definition) is 0. The fraction of sp³-hybridized carbons (Fsp3) is 1.00. The molecule has 1 saturated heterocycles. The van der Waals surface area contributed by atoms with Gasteiger partial charge in [-0.25, -0.2) is 0 Å². The highest BCUT2D eigenvalue weighted by atomic mass is 15.2. The van der Waals surface area contributed by atoms with Crippen molar-refractivity contribution in [2.75, 3.05) is 13.1 Å². The molecule has 0 aromatic rings. The number of likely N-dealkylation sites (tertiary alicyclic amines) is 1. The van der Waals surface area contributed by atoms with Gasteiger partial charge in [-0.15, -0.1) is 0 Å². The third-order valence-electron chi connectivity index (χ3n) is 3.64. The first-order valence-electron chi connectivity index (χ1n) is 5.00. The van der Waals surface area contributed by atoms with E-state index in [1.54, 1.807) is 0 Å². The zero-order valence-corrected chi connectivity index (χ0v) is 7.77. The van der Waals surface area contributed by atoms with Crippen molar-refractivity contribution < 1.29 is 0 Å². The summed E-state index contributed by atoms with van der Waals surface area (Å²) in [4.78, 5) is 2.67. The predicted octanol–water partition coefficient (Wildman–Crippen LogP) is 2.27. The maximum Gasteiger partial charge on any atom is 0.00645 e. The molecule has 1 heterocycles. The van der Waals surface area contributed by atoms with Crippen molar-refractivity contribution in [3.63, 3.8) is 0 Å². The van der Waals surface area contributed by atoms with E-state index < -0.39 is 0 Å². The molecule has 0 unspecified atom stereocenters. The van der Waals surface area contributed by atoms with E-state index in [-0.39, 0.29) is 0 Å². The van der Waals surface area contributed by atoms with Crippen LogP contribution in [0.4, 0.5) is 0 Å². The van der Waals surface area contributed by atoms with Crippen LogP contribution in [0.2, 0.25) is 0 Å². The lowest BCUT2D eigenvalue weighted by Gasteiger charge is -2.22. The zero-order chi connectivity index (χ0) is 7.90. The van der Waals surface area contributed by atoms with Crippen molar-refractivity contribution in [3.8, 4) is 0 Å². The first-order valence-corrected chi connectivity index (χ1v) is 5.00. The first kappa shape index (κ1) is 7.60. The monoisotopic (exact) mass is 153 g/mol. The van der Waals surface area contributed by atoms with E-state index in [0.717, 1.165) is 11.5 Å². The third kappa shape index (κ3) is 1.31. The Bertz CT molecular complexity index is 149. The molecule has 0 amide bonds. The van der Waals surface area contributed by atoms with Gasteiger partial charge in [-0.2, -0.15) is 0 Å². The molecule has 1 heteroatoms. The molecular weight excluding hydrogens is 134 g/mol. The van der Waals surface area contributed by atoms with Gasteiger partial charge >= 0.3 is 0 Å². The average Bonchev–Trinajstić information content (AvgIpc) is 2.61.